The zero-order valence-corrected chi connectivity index (χ0v) is 26.1. The number of carbonyl (C=O) groups excluding carboxylic acids is 1. The van der Waals surface area contributed by atoms with Gasteiger partial charge in [-0.3, -0.25) is 14.3 Å². The molecule has 4 rings (SSSR count). The maximum absolute atomic E-state index is 15.5. The average molecular weight is 644 g/mol. The molecule has 1 saturated heterocycles. The maximum Gasteiger partial charge on any atom is 0.407 e. The summed E-state index contributed by atoms with van der Waals surface area (Å²) < 4.78 is 46.8. The zero-order chi connectivity index (χ0) is 31.0. The Morgan fingerprint density at radius 3 is 2.57 bits per heavy atom. The van der Waals surface area contributed by atoms with E-state index in [9.17, 15) is 22.8 Å². The number of sulfone groups is 1. The molecular formula is C28H33Cl2FN4O6S. The van der Waals surface area contributed by atoms with Crippen molar-refractivity contribution in [1.82, 2.24) is 19.8 Å². The first-order valence-electron chi connectivity index (χ1n) is 13.5. The van der Waals surface area contributed by atoms with Crippen molar-refractivity contribution >= 4 is 50.0 Å². The molecule has 1 aromatic heterocycles. The number of nitrogens with zero attached hydrogens (tertiary/aromatic N) is 2. The molecule has 228 valence electrons. The van der Waals surface area contributed by atoms with Gasteiger partial charge in [-0.25, -0.2) is 22.4 Å². The highest BCUT2D eigenvalue weighted by molar-refractivity contribution is 7.91. The predicted octanol–water partition coefficient (Wildman–Crippen LogP) is 4.47. The van der Waals surface area contributed by atoms with Gasteiger partial charge in [0.2, 0.25) is 0 Å². The van der Waals surface area contributed by atoms with Gasteiger partial charge in [-0.1, -0.05) is 30.1 Å². The summed E-state index contributed by atoms with van der Waals surface area (Å²) in [4.78, 5) is 43.1. The van der Waals surface area contributed by atoms with Gasteiger partial charge in [0.15, 0.2) is 9.84 Å². The fourth-order valence-corrected chi connectivity index (χ4v) is 6.61. The van der Waals surface area contributed by atoms with Gasteiger partial charge in [0, 0.05) is 29.7 Å². The Balaban J connectivity index is 1.65. The molecule has 14 heteroatoms. The summed E-state index contributed by atoms with van der Waals surface area (Å²) in [5.74, 6) is -0.922. The van der Waals surface area contributed by atoms with E-state index in [-0.39, 0.29) is 55.3 Å². The third kappa shape index (κ3) is 6.99. The molecule has 1 atom stereocenters. The van der Waals surface area contributed by atoms with E-state index < -0.39 is 45.1 Å². The number of alkyl carbamates (subject to hydrolysis) is 1. The van der Waals surface area contributed by atoms with Crippen LogP contribution in [-0.2, 0) is 27.7 Å². The number of rotatable bonds is 8. The molecule has 3 aromatic rings. The Kier molecular flexibility index (Phi) is 9.41. The minimum atomic E-state index is -3.69. The van der Waals surface area contributed by atoms with Crippen LogP contribution < -0.4 is 16.6 Å². The SMILES string of the molecule is CCS(=O)(=O)c1ccc(Cl)cc1Cn1c(=O)[nH]c2c(Cl)c(CN3CCC[C@H]3CNC(=O)OC(C)(C)C)c(F)cc2c1=O. The topological polar surface area (TPSA) is 131 Å². The van der Waals surface area contributed by atoms with Crippen molar-refractivity contribution in [3.63, 3.8) is 0 Å². The van der Waals surface area contributed by atoms with Crippen molar-refractivity contribution in [2.45, 2.75) is 70.2 Å². The molecule has 42 heavy (non-hydrogen) atoms. The van der Waals surface area contributed by atoms with Crippen LogP contribution in [0.5, 0.6) is 0 Å². The summed E-state index contributed by atoms with van der Waals surface area (Å²) in [5.41, 5.74) is -2.07. The molecule has 0 spiro atoms. The predicted molar refractivity (Wildman–Crippen MR) is 160 cm³/mol. The van der Waals surface area contributed by atoms with Crippen LogP contribution in [0, 0.1) is 5.82 Å². The summed E-state index contributed by atoms with van der Waals surface area (Å²) >= 11 is 12.7. The van der Waals surface area contributed by atoms with Gasteiger partial charge in [0.05, 0.1) is 33.1 Å². The molecule has 1 fully saturated rings. The number of ether oxygens (including phenoxy) is 1. The second-order valence-electron chi connectivity index (χ2n) is 11.2. The Morgan fingerprint density at radius 2 is 1.90 bits per heavy atom. The minimum absolute atomic E-state index is 0.0190. The number of nitrogens with one attached hydrogen (secondary N) is 2. The molecule has 1 aliphatic rings. The first-order valence-corrected chi connectivity index (χ1v) is 15.9. The molecule has 1 amide bonds. The quantitative estimate of drug-likeness (QED) is 0.371. The van der Waals surface area contributed by atoms with Gasteiger partial charge in [0.25, 0.3) is 5.56 Å². The summed E-state index contributed by atoms with van der Waals surface area (Å²) in [7, 11) is -3.69. The summed E-state index contributed by atoms with van der Waals surface area (Å²) in [6.07, 6.45) is 1.05. The van der Waals surface area contributed by atoms with Crippen LogP contribution in [0.2, 0.25) is 10.0 Å². The number of aromatic amines is 1. The van der Waals surface area contributed by atoms with E-state index in [0.29, 0.717) is 13.1 Å². The van der Waals surface area contributed by atoms with E-state index in [0.717, 1.165) is 23.5 Å². The minimum Gasteiger partial charge on any atom is -0.444 e. The fraction of sp³-hybridized carbons (Fsp3) is 0.464. The smallest absolute Gasteiger partial charge is 0.407 e. The van der Waals surface area contributed by atoms with Crippen molar-refractivity contribution in [1.29, 1.82) is 0 Å². The molecular weight excluding hydrogens is 610 g/mol. The third-order valence-electron chi connectivity index (χ3n) is 7.07. The van der Waals surface area contributed by atoms with E-state index in [1.807, 2.05) is 4.90 Å². The van der Waals surface area contributed by atoms with Crippen molar-refractivity contribution in [2.75, 3.05) is 18.8 Å². The number of aromatic nitrogens is 2. The molecule has 0 aliphatic carbocycles. The van der Waals surface area contributed by atoms with Gasteiger partial charge >= 0.3 is 11.8 Å². The van der Waals surface area contributed by atoms with Crippen LogP contribution in [0.25, 0.3) is 10.9 Å². The lowest BCUT2D eigenvalue weighted by atomic mass is 10.1. The average Bonchev–Trinajstić information content (AvgIpc) is 3.34. The number of halogens is 3. The van der Waals surface area contributed by atoms with E-state index in [1.54, 1.807) is 20.8 Å². The number of carbonyl (C=O) groups is 1. The second-order valence-corrected chi connectivity index (χ2v) is 14.3. The van der Waals surface area contributed by atoms with Gasteiger partial charge in [0.1, 0.15) is 11.4 Å². The maximum atomic E-state index is 15.5. The number of likely N-dealkylation sites (tertiary alicyclic amines) is 1. The van der Waals surface area contributed by atoms with Crippen molar-refractivity contribution in [3.05, 3.63) is 72.1 Å². The highest BCUT2D eigenvalue weighted by atomic mass is 35.5. The normalized spacial score (nSPS) is 16.2. The highest BCUT2D eigenvalue weighted by Gasteiger charge is 2.29. The molecule has 2 N–H and O–H groups in total. The second kappa shape index (κ2) is 12.4. The van der Waals surface area contributed by atoms with E-state index >= 15 is 4.39 Å². The van der Waals surface area contributed by atoms with Crippen LogP contribution in [0.3, 0.4) is 0 Å². The standard InChI is InChI=1S/C28H33Cl2FN4O6S/c1-5-42(39,40)22-9-8-17(29)11-16(22)14-35-25(36)19-12-21(31)20(23(30)24(19)33-26(35)37)15-34-10-6-7-18(34)13-32-27(38)41-28(2,3)4/h8-9,11-12,18H,5-7,10,13-15H2,1-4H3,(H,32,38)(H,33,37)/t18-/m0/s1. The summed E-state index contributed by atoms with van der Waals surface area (Å²) in [6.45, 7) is 7.40. The summed E-state index contributed by atoms with van der Waals surface area (Å²) in [6, 6.07) is 5.05. The molecule has 2 heterocycles. The number of hydrogen-bond donors (Lipinski definition) is 2. The first kappa shape index (κ1) is 32.0. The molecule has 0 unspecified atom stereocenters. The van der Waals surface area contributed by atoms with Crippen LogP contribution in [0.4, 0.5) is 9.18 Å². The molecule has 2 aromatic carbocycles. The number of benzene rings is 2. The highest BCUT2D eigenvalue weighted by Crippen LogP contribution is 2.30. The Morgan fingerprint density at radius 1 is 1.19 bits per heavy atom. The number of hydrogen-bond acceptors (Lipinski definition) is 7. The zero-order valence-electron chi connectivity index (χ0n) is 23.7. The van der Waals surface area contributed by atoms with E-state index in [4.69, 9.17) is 27.9 Å². The molecule has 0 radical (unpaired) electrons. The largest absolute Gasteiger partial charge is 0.444 e. The monoisotopic (exact) mass is 642 g/mol. The van der Waals surface area contributed by atoms with Crippen molar-refractivity contribution in [3.8, 4) is 0 Å². The van der Waals surface area contributed by atoms with Crippen LogP contribution in [0.1, 0.15) is 51.7 Å². The summed E-state index contributed by atoms with van der Waals surface area (Å²) in [5, 5.41) is 2.71. The molecule has 1 aliphatic heterocycles. The van der Waals surface area contributed by atoms with Crippen LogP contribution >= 0.6 is 23.2 Å². The first-order chi connectivity index (χ1) is 19.6. The Labute approximate surface area is 252 Å². The number of H-pyrrole nitrogens is 1. The van der Waals surface area contributed by atoms with E-state index in [2.05, 4.69) is 10.3 Å². The van der Waals surface area contributed by atoms with Crippen LogP contribution in [0.15, 0.2) is 38.8 Å². The lowest BCUT2D eigenvalue weighted by Crippen LogP contribution is -2.42. The third-order valence-corrected chi connectivity index (χ3v) is 9.55. The molecule has 0 saturated carbocycles. The lowest BCUT2D eigenvalue weighted by Gasteiger charge is -2.26. The Bertz CT molecular complexity index is 1750. The lowest BCUT2D eigenvalue weighted by molar-refractivity contribution is 0.0512. The van der Waals surface area contributed by atoms with Gasteiger partial charge < -0.3 is 15.0 Å². The number of amides is 1. The van der Waals surface area contributed by atoms with Crippen LogP contribution in [-0.4, -0.2) is 59.4 Å². The molecule has 0 bridgehead atoms. The van der Waals surface area contributed by atoms with E-state index in [1.165, 1.54) is 25.1 Å². The molecule has 10 nitrogen and oxygen atoms in total. The fourth-order valence-electron chi connectivity index (χ4n) is 5.01. The number of fused-ring (bicyclic) bond motifs is 1. The van der Waals surface area contributed by atoms with Gasteiger partial charge in [-0.15, -0.1) is 0 Å². The Hall–Kier alpha value is -2.93. The van der Waals surface area contributed by atoms with Gasteiger partial charge in [-0.2, -0.15) is 0 Å². The van der Waals surface area contributed by atoms with Gasteiger partial charge in [-0.05, 0) is 70.0 Å². The van der Waals surface area contributed by atoms with Crippen molar-refractivity contribution < 1.29 is 22.3 Å². The van der Waals surface area contributed by atoms with Crippen molar-refractivity contribution in [2.24, 2.45) is 0 Å².